The van der Waals surface area contributed by atoms with Gasteiger partial charge in [0.25, 0.3) is 0 Å². The average Bonchev–Trinajstić information content (AvgIpc) is 2.35. The van der Waals surface area contributed by atoms with Crippen molar-refractivity contribution in [2.45, 2.75) is 44.8 Å². The topological polar surface area (TPSA) is 67.8 Å². The molecule has 0 amide bonds. The maximum absolute atomic E-state index is 11.0. The Morgan fingerprint density at radius 3 is 2.32 bits per heavy atom. The van der Waals surface area contributed by atoms with Crippen LogP contribution in [0.1, 0.15) is 38.5 Å². The minimum atomic E-state index is -0.700. The summed E-state index contributed by atoms with van der Waals surface area (Å²) in [5, 5.41) is 12.3. The number of hydrogen-bond acceptors (Lipinski definition) is 4. The quantitative estimate of drug-likeness (QED) is 0.671. The van der Waals surface area contributed by atoms with E-state index in [0.717, 1.165) is 32.2 Å². The monoisotopic (exact) mass is 295 g/mol. The Morgan fingerprint density at radius 2 is 1.84 bits per heavy atom. The Hall–Kier alpha value is -0.360. The maximum Gasteiger partial charge on any atom is 0.303 e. The number of nitrogens with one attached hydrogen (secondary N) is 1. The van der Waals surface area contributed by atoms with E-state index in [1.807, 2.05) is 0 Å². The van der Waals surface area contributed by atoms with E-state index in [-0.39, 0.29) is 30.5 Å². The highest BCUT2D eigenvalue weighted by Crippen LogP contribution is 2.38. The first-order valence-corrected chi connectivity index (χ1v) is 6.60. The third kappa shape index (κ3) is 6.56. The Kier molecular flexibility index (Phi) is 9.35. The van der Waals surface area contributed by atoms with Crippen molar-refractivity contribution in [1.29, 1.82) is 0 Å². The number of rotatable bonds is 8. The van der Waals surface area contributed by atoms with Crippen LogP contribution in [0.2, 0.25) is 0 Å². The molecule has 0 heterocycles. The third-order valence-corrected chi connectivity index (χ3v) is 3.78. The summed E-state index contributed by atoms with van der Waals surface area (Å²) < 4.78 is 10.2. The van der Waals surface area contributed by atoms with Crippen molar-refractivity contribution in [1.82, 2.24) is 5.32 Å². The van der Waals surface area contributed by atoms with Crippen molar-refractivity contribution in [3.05, 3.63) is 0 Å². The summed E-state index contributed by atoms with van der Waals surface area (Å²) in [5.74, 6) is -0.700. The molecule has 1 fully saturated rings. The van der Waals surface area contributed by atoms with Crippen LogP contribution in [-0.2, 0) is 14.3 Å². The average molecular weight is 296 g/mol. The maximum atomic E-state index is 11.0. The van der Waals surface area contributed by atoms with Gasteiger partial charge in [0.2, 0.25) is 0 Å². The van der Waals surface area contributed by atoms with Crippen LogP contribution >= 0.6 is 12.4 Å². The molecule has 114 valence electrons. The van der Waals surface area contributed by atoms with E-state index in [1.165, 1.54) is 6.42 Å². The summed E-state index contributed by atoms with van der Waals surface area (Å²) in [6.45, 7) is 1.32. The summed E-state index contributed by atoms with van der Waals surface area (Å²) in [4.78, 5) is 11.0. The highest BCUT2D eigenvalue weighted by atomic mass is 35.5. The second-order valence-electron chi connectivity index (χ2n) is 5.16. The van der Waals surface area contributed by atoms with Crippen molar-refractivity contribution < 1.29 is 19.4 Å². The van der Waals surface area contributed by atoms with Gasteiger partial charge in [-0.1, -0.05) is 19.3 Å². The molecule has 6 heteroatoms. The molecule has 1 saturated carbocycles. The molecule has 0 aromatic rings. The summed E-state index contributed by atoms with van der Waals surface area (Å²) >= 11 is 0. The highest BCUT2D eigenvalue weighted by molar-refractivity contribution is 5.85. The lowest BCUT2D eigenvalue weighted by Gasteiger charge is -2.36. The van der Waals surface area contributed by atoms with E-state index < -0.39 is 5.97 Å². The summed E-state index contributed by atoms with van der Waals surface area (Å²) in [5.41, 5.74) is -0.0872. The molecule has 2 N–H and O–H groups in total. The van der Waals surface area contributed by atoms with E-state index in [9.17, 15) is 4.79 Å². The number of halogens is 1. The van der Waals surface area contributed by atoms with Crippen molar-refractivity contribution in [2.75, 3.05) is 27.3 Å². The molecule has 0 aromatic carbocycles. The minimum absolute atomic E-state index is 0. The SMILES string of the molecule is COC(CNCC1(CC(=O)O)CCCCC1)OC.Cl. The van der Waals surface area contributed by atoms with Gasteiger partial charge in [-0.25, -0.2) is 0 Å². The molecule has 0 saturated heterocycles. The number of aliphatic carboxylic acids is 1. The number of carboxylic acid groups (broad SMARTS) is 1. The lowest BCUT2D eigenvalue weighted by Crippen LogP contribution is -2.41. The Balaban J connectivity index is 0.00000324. The smallest absolute Gasteiger partial charge is 0.303 e. The minimum Gasteiger partial charge on any atom is -0.481 e. The Labute approximate surface area is 121 Å². The van der Waals surface area contributed by atoms with Crippen LogP contribution in [0.15, 0.2) is 0 Å². The summed E-state index contributed by atoms with van der Waals surface area (Å²) in [6, 6.07) is 0. The number of hydrogen-bond donors (Lipinski definition) is 2. The Bertz CT molecular complexity index is 253. The molecule has 0 unspecified atom stereocenters. The van der Waals surface area contributed by atoms with E-state index in [1.54, 1.807) is 14.2 Å². The number of carboxylic acids is 1. The first-order valence-electron chi connectivity index (χ1n) is 6.60. The Morgan fingerprint density at radius 1 is 1.26 bits per heavy atom. The molecule has 1 aliphatic rings. The van der Waals surface area contributed by atoms with Crippen molar-refractivity contribution in [3.63, 3.8) is 0 Å². The standard InChI is InChI=1S/C13H25NO4.ClH/c1-17-12(18-2)9-14-10-13(8-11(15)16)6-4-3-5-7-13;/h12,14H,3-10H2,1-2H3,(H,15,16);1H. The van der Waals surface area contributed by atoms with Gasteiger partial charge in [-0.3, -0.25) is 4.79 Å². The van der Waals surface area contributed by atoms with Gasteiger partial charge in [0.1, 0.15) is 0 Å². The van der Waals surface area contributed by atoms with Crippen LogP contribution in [0.3, 0.4) is 0 Å². The molecule has 1 aliphatic carbocycles. The lowest BCUT2D eigenvalue weighted by atomic mass is 9.72. The van der Waals surface area contributed by atoms with Gasteiger partial charge < -0.3 is 19.9 Å². The molecule has 0 bridgehead atoms. The fourth-order valence-electron chi connectivity index (χ4n) is 2.76. The predicted molar refractivity (Wildman–Crippen MR) is 75.7 cm³/mol. The fourth-order valence-corrected chi connectivity index (χ4v) is 2.76. The second-order valence-corrected chi connectivity index (χ2v) is 5.16. The van der Waals surface area contributed by atoms with Crippen LogP contribution in [0.5, 0.6) is 0 Å². The third-order valence-electron chi connectivity index (χ3n) is 3.78. The second kappa shape index (κ2) is 9.53. The summed E-state index contributed by atoms with van der Waals surface area (Å²) in [7, 11) is 3.20. The van der Waals surface area contributed by atoms with E-state index in [2.05, 4.69) is 5.32 Å². The number of methoxy groups -OCH3 is 2. The van der Waals surface area contributed by atoms with Crippen molar-refractivity contribution in [3.8, 4) is 0 Å². The molecule has 1 rings (SSSR count). The van der Waals surface area contributed by atoms with Gasteiger partial charge in [-0.15, -0.1) is 12.4 Å². The largest absolute Gasteiger partial charge is 0.481 e. The molecule has 0 aromatic heterocycles. The van der Waals surface area contributed by atoms with Crippen LogP contribution in [0, 0.1) is 5.41 Å². The molecular weight excluding hydrogens is 270 g/mol. The zero-order valence-electron chi connectivity index (χ0n) is 11.8. The zero-order chi connectivity index (χ0) is 13.4. The first kappa shape index (κ1) is 18.6. The molecule has 5 nitrogen and oxygen atoms in total. The van der Waals surface area contributed by atoms with E-state index in [0.29, 0.717) is 6.54 Å². The first-order chi connectivity index (χ1) is 8.62. The van der Waals surface area contributed by atoms with Gasteiger partial charge in [0, 0.05) is 27.3 Å². The molecule has 0 atom stereocenters. The van der Waals surface area contributed by atoms with Crippen LogP contribution in [0.25, 0.3) is 0 Å². The van der Waals surface area contributed by atoms with E-state index >= 15 is 0 Å². The van der Waals surface area contributed by atoms with Gasteiger partial charge in [-0.2, -0.15) is 0 Å². The highest BCUT2D eigenvalue weighted by Gasteiger charge is 2.34. The zero-order valence-corrected chi connectivity index (χ0v) is 12.6. The fraction of sp³-hybridized carbons (Fsp3) is 0.923. The van der Waals surface area contributed by atoms with Crippen molar-refractivity contribution in [2.24, 2.45) is 5.41 Å². The van der Waals surface area contributed by atoms with E-state index in [4.69, 9.17) is 14.6 Å². The normalized spacial score (nSPS) is 18.1. The van der Waals surface area contributed by atoms with Gasteiger partial charge in [0.15, 0.2) is 6.29 Å². The molecule has 0 aliphatic heterocycles. The lowest BCUT2D eigenvalue weighted by molar-refractivity contribution is -0.140. The molecule has 0 radical (unpaired) electrons. The molecule has 0 spiro atoms. The van der Waals surface area contributed by atoms with Crippen LogP contribution in [-0.4, -0.2) is 44.7 Å². The molecule has 19 heavy (non-hydrogen) atoms. The van der Waals surface area contributed by atoms with Crippen molar-refractivity contribution >= 4 is 18.4 Å². The number of carbonyl (C=O) groups is 1. The van der Waals surface area contributed by atoms with Gasteiger partial charge >= 0.3 is 5.97 Å². The molecular formula is C13H26ClNO4. The van der Waals surface area contributed by atoms with Gasteiger partial charge in [-0.05, 0) is 18.3 Å². The summed E-state index contributed by atoms with van der Waals surface area (Å²) in [6.07, 6.45) is 5.47. The number of ether oxygens (including phenoxy) is 2. The van der Waals surface area contributed by atoms with Crippen LogP contribution in [0.4, 0.5) is 0 Å². The predicted octanol–water partition coefficient (Wildman–Crippen LogP) is 2.04. The van der Waals surface area contributed by atoms with Crippen LogP contribution < -0.4 is 5.32 Å². The van der Waals surface area contributed by atoms with Gasteiger partial charge in [0.05, 0.1) is 6.42 Å².